The second-order valence-corrected chi connectivity index (χ2v) is 9.57. The lowest BCUT2D eigenvalue weighted by Crippen LogP contribution is -2.31. The minimum atomic E-state index is -0.370. The van der Waals surface area contributed by atoms with Crippen LogP contribution in [-0.2, 0) is 6.54 Å². The fourth-order valence-electron chi connectivity index (χ4n) is 4.34. The molecular weight excluding hydrogens is 504 g/mol. The van der Waals surface area contributed by atoms with E-state index in [1.54, 1.807) is 43.5 Å². The van der Waals surface area contributed by atoms with Gasteiger partial charge in [-0.15, -0.1) is 0 Å². The van der Waals surface area contributed by atoms with Crippen molar-refractivity contribution in [1.29, 1.82) is 0 Å². The summed E-state index contributed by atoms with van der Waals surface area (Å²) in [5, 5.41) is 21.3. The monoisotopic (exact) mass is 530 g/mol. The predicted molar refractivity (Wildman–Crippen MR) is 146 cm³/mol. The molecule has 1 fully saturated rings. The van der Waals surface area contributed by atoms with Gasteiger partial charge in [-0.3, -0.25) is 4.79 Å². The molecule has 4 aromatic rings. The molecule has 1 heterocycles. The molecule has 3 N–H and O–H groups in total. The maximum absolute atomic E-state index is 13.2. The molecule has 3 aromatic carbocycles. The van der Waals surface area contributed by atoms with Crippen LogP contribution >= 0.6 is 11.6 Å². The smallest absolute Gasteiger partial charge is 0.342 e. The maximum Gasteiger partial charge on any atom is 0.342 e. The number of phenolic OH excluding ortho intramolecular Hbond substituents is 1. The molecule has 194 valence electrons. The average molecular weight is 531 g/mol. The van der Waals surface area contributed by atoms with Gasteiger partial charge in [-0.2, -0.15) is 9.78 Å². The topological polar surface area (TPSA) is 105 Å². The third-order valence-electron chi connectivity index (χ3n) is 6.70. The van der Waals surface area contributed by atoms with Crippen LogP contribution in [0.2, 0.25) is 5.02 Å². The number of phenols is 1. The highest BCUT2D eigenvalue weighted by molar-refractivity contribution is 6.34. The summed E-state index contributed by atoms with van der Waals surface area (Å²) in [6.45, 7) is 0.330. The first kappa shape index (κ1) is 25.4. The van der Waals surface area contributed by atoms with Gasteiger partial charge in [0.05, 0.1) is 29.1 Å². The van der Waals surface area contributed by atoms with Crippen molar-refractivity contribution in [3.63, 3.8) is 0 Å². The standard InChI is InChI=1S/C29H27ClN4O4/c1-38-21-12-9-18(10-13-21)17-31-29(37)34-26(19-5-4-6-19)16-25(33-34)23-15-20(11-14-27(23)35)32-28(36)22-7-2-3-8-24(22)30/h2-3,7-16,19,35H,4-6,17H2,1H3,(H,31,37)(H,32,36). The molecule has 0 bridgehead atoms. The number of halogens is 1. The number of carbonyl (C=O) groups excluding carboxylic acids is 2. The summed E-state index contributed by atoms with van der Waals surface area (Å²) >= 11 is 6.16. The van der Waals surface area contributed by atoms with E-state index in [0.717, 1.165) is 36.3 Å². The molecule has 8 nitrogen and oxygen atoms in total. The number of nitrogens with zero attached hydrogens (tertiary/aromatic N) is 2. The zero-order chi connectivity index (χ0) is 26.6. The van der Waals surface area contributed by atoms with Crippen molar-refractivity contribution in [3.05, 3.63) is 94.6 Å². The highest BCUT2D eigenvalue weighted by atomic mass is 35.5. The number of nitrogens with one attached hydrogen (secondary N) is 2. The van der Waals surface area contributed by atoms with Gasteiger partial charge in [0.1, 0.15) is 11.5 Å². The molecule has 0 spiro atoms. The molecule has 0 radical (unpaired) electrons. The van der Waals surface area contributed by atoms with Gasteiger partial charge in [0.15, 0.2) is 0 Å². The van der Waals surface area contributed by atoms with Gasteiger partial charge in [0, 0.05) is 23.7 Å². The van der Waals surface area contributed by atoms with Gasteiger partial charge in [-0.25, -0.2) is 4.79 Å². The van der Waals surface area contributed by atoms with Crippen molar-refractivity contribution in [2.45, 2.75) is 31.7 Å². The molecule has 5 rings (SSSR count). The van der Waals surface area contributed by atoms with E-state index in [1.807, 2.05) is 30.3 Å². The first-order valence-corrected chi connectivity index (χ1v) is 12.7. The Hall–Kier alpha value is -4.30. The van der Waals surface area contributed by atoms with Crippen LogP contribution in [0.3, 0.4) is 0 Å². The molecule has 0 aliphatic heterocycles. The number of aromatic nitrogens is 2. The summed E-state index contributed by atoms with van der Waals surface area (Å²) in [6, 6.07) is 20.4. The van der Waals surface area contributed by atoms with Crippen LogP contribution in [0.15, 0.2) is 72.8 Å². The third-order valence-corrected chi connectivity index (χ3v) is 7.03. The quantitative estimate of drug-likeness (QED) is 0.247. The van der Waals surface area contributed by atoms with Gasteiger partial charge in [0.25, 0.3) is 5.91 Å². The van der Waals surface area contributed by atoms with E-state index in [1.165, 1.54) is 10.7 Å². The molecule has 0 unspecified atom stereocenters. The lowest BCUT2D eigenvalue weighted by Gasteiger charge is -2.25. The minimum absolute atomic E-state index is 0.0100. The Bertz CT molecular complexity index is 1480. The first-order valence-electron chi connectivity index (χ1n) is 12.3. The van der Waals surface area contributed by atoms with Gasteiger partial charge in [-0.1, -0.05) is 42.3 Å². The second kappa shape index (κ2) is 11.0. The first-order chi connectivity index (χ1) is 18.4. The molecule has 0 atom stereocenters. The number of carbonyl (C=O) groups is 2. The van der Waals surface area contributed by atoms with Crippen molar-refractivity contribution >= 4 is 29.2 Å². The van der Waals surface area contributed by atoms with E-state index in [4.69, 9.17) is 16.3 Å². The number of benzene rings is 3. The molecule has 1 aliphatic carbocycles. The summed E-state index contributed by atoms with van der Waals surface area (Å²) < 4.78 is 6.57. The molecule has 1 aliphatic rings. The Morgan fingerprint density at radius 1 is 1.08 bits per heavy atom. The van der Waals surface area contributed by atoms with Gasteiger partial charge < -0.3 is 20.5 Å². The molecule has 2 amide bonds. The Labute approximate surface area is 225 Å². The summed E-state index contributed by atoms with van der Waals surface area (Å²) in [5.74, 6) is 0.581. The lowest BCUT2D eigenvalue weighted by atomic mass is 9.82. The van der Waals surface area contributed by atoms with Crippen molar-refractivity contribution in [2.75, 3.05) is 12.4 Å². The summed E-state index contributed by atoms with van der Waals surface area (Å²) in [4.78, 5) is 25.9. The van der Waals surface area contributed by atoms with Gasteiger partial charge >= 0.3 is 6.03 Å². The van der Waals surface area contributed by atoms with E-state index in [-0.39, 0.29) is 23.6 Å². The third kappa shape index (κ3) is 5.35. The largest absolute Gasteiger partial charge is 0.507 e. The van der Waals surface area contributed by atoms with E-state index < -0.39 is 0 Å². The molecule has 1 aromatic heterocycles. The van der Waals surface area contributed by atoms with Crippen LogP contribution in [0, 0.1) is 0 Å². The van der Waals surface area contributed by atoms with Crippen LogP contribution < -0.4 is 15.4 Å². The van der Waals surface area contributed by atoms with Crippen LogP contribution in [0.4, 0.5) is 10.5 Å². The van der Waals surface area contributed by atoms with Crippen LogP contribution in [-0.4, -0.2) is 33.9 Å². The minimum Gasteiger partial charge on any atom is -0.507 e. The number of hydrogen-bond donors (Lipinski definition) is 3. The lowest BCUT2D eigenvalue weighted by molar-refractivity contribution is 0.102. The van der Waals surface area contributed by atoms with Crippen molar-refractivity contribution in [3.8, 4) is 22.8 Å². The normalized spacial score (nSPS) is 13.0. The Morgan fingerprint density at radius 2 is 1.84 bits per heavy atom. The molecule has 38 heavy (non-hydrogen) atoms. The number of methoxy groups -OCH3 is 1. The summed E-state index contributed by atoms with van der Waals surface area (Å²) in [7, 11) is 1.61. The van der Waals surface area contributed by atoms with E-state index in [2.05, 4.69) is 15.7 Å². The molecule has 0 saturated heterocycles. The number of hydrogen-bond acceptors (Lipinski definition) is 5. The van der Waals surface area contributed by atoms with Crippen molar-refractivity contribution in [1.82, 2.24) is 15.1 Å². The zero-order valence-electron chi connectivity index (χ0n) is 20.8. The van der Waals surface area contributed by atoms with Crippen LogP contribution in [0.25, 0.3) is 11.3 Å². The highest BCUT2D eigenvalue weighted by Gasteiger charge is 2.27. The van der Waals surface area contributed by atoms with Crippen LogP contribution in [0.5, 0.6) is 11.5 Å². The maximum atomic E-state index is 13.2. The molecule has 9 heteroatoms. The SMILES string of the molecule is COc1ccc(CNC(=O)n2nc(-c3cc(NC(=O)c4ccccc4Cl)ccc3O)cc2C2CCC2)cc1. The van der Waals surface area contributed by atoms with E-state index in [9.17, 15) is 14.7 Å². The van der Waals surface area contributed by atoms with E-state index >= 15 is 0 Å². The Balaban J connectivity index is 1.39. The van der Waals surface area contributed by atoms with Crippen molar-refractivity contribution < 1.29 is 19.4 Å². The fourth-order valence-corrected chi connectivity index (χ4v) is 4.56. The Kier molecular flexibility index (Phi) is 7.33. The Morgan fingerprint density at radius 3 is 2.53 bits per heavy atom. The van der Waals surface area contributed by atoms with E-state index in [0.29, 0.717) is 34.1 Å². The van der Waals surface area contributed by atoms with Gasteiger partial charge in [-0.05, 0) is 66.9 Å². The number of amides is 2. The zero-order valence-corrected chi connectivity index (χ0v) is 21.5. The van der Waals surface area contributed by atoms with Gasteiger partial charge in [0.2, 0.25) is 0 Å². The highest BCUT2D eigenvalue weighted by Crippen LogP contribution is 2.39. The van der Waals surface area contributed by atoms with Crippen molar-refractivity contribution in [2.24, 2.45) is 0 Å². The number of rotatable bonds is 7. The number of anilines is 1. The van der Waals surface area contributed by atoms with Crippen LogP contribution in [0.1, 0.15) is 46.8 Å². The second-order valence-electron chi connectivity index (χ2n) is 9.17. The summed E-state index contributed by atoms with van der Waals surface area (Å²) in [6.07, 6.45) is 3.03. The molecular formula is C29H27ClN4O4. The number of aromatic hydroxyl groups is 1. The fraction of sp³-hybridized carbons (Fsp3) is 0.207. The predicted octanol–water partition coefficient (Wildman–Crippen LogP) is 6.20. The summed E-state index contributed by atoms with van der Waals surface area (Å²) in [5.41, 5.74) is 3.38. The number of ether oxygens (including phenoxy) is 1. The average Bonchev–Trinajstić information content (AvgIpc) is 3.32. The molecule has 1 saturated carbocycles.